The molecule has 0 saturated heterocycles. The highest BCUT2D eigenvalue weighted by atomic mass is 16.5. The van der Waals surface area contributed by atoms with Gasteiger partial charge in [0.1, 0.15) is 5.75 Å². The molecule has 6 nitrogen and oxygen atoms in total. The number of hydrogen-bond acceptors (Lipinski definition) is 3. The lowest BCUT2D eigenvalue weighted by atomic mass is 10.1. The predicted octanol–water partition coefficient (Wildman–Crippen LogP) is 4.27. The van der Waals surface area contributed by atoms with Gasteiger partial charge in [0.05, 0.1) is 0 Å². The van der Waals surface area contributed by atoms with Gasteiger partial charge in [0.25, 0.3) is 5.91 Å². The van der Waals surface area contributed by atoms with Gasteiger partial charge < -0.3 is 20.7 Å². The molecule has 3 amide bonds. The predicted molar refractivity (Wildman–Crippen MR) is 109 cm³/mol. The third-order valence-electron chi connectivity index (χ3n) is 4.36. The second-order valence-electron chi connectivity index (χ2n) is 6.43. The zero-order valence-corrected chi connectivity index (χ0v) is 15.0. The van der Waals surface area contributed by atoms with E-state index >= 15 is 0 Å². The fourth-order valence-electron chi connectivity index (χ4n) is 3.04. The first kappa shape index (κ1) is 17.6. The molecule has 1 aliphatic heterocycles. The first-order valence-electron chi connectivity index (χ1n) is 8.96. The molecule has 3 aromatic rings. The van der Waals surface area contributed by atoms with E-state index in [2.05, 4.69) is 16.0 Å². The molecule has 0 saturated carbocycles. The van der Waals surface area contributed by atoms with Crippen molar-refractivity contribution in [2.75, 3.05) is 16.0 Å². The Hall–Kier alpha value is -3.80. The molecule has 0 bridgehead atoms. The maximum Gasteiger partial charge on any atom is 0.323 e. The maximum atomic E-state index is 12.5. The molecule has 0 spiro atoms. The second-order valence-corrected chi connectivity index (χ2v) is 6.43. The Kier molecular flexibility index (Phi) is 4.93. The molecule has 1 unspecified atom stereocenters. The highest BCUT2D eigenvalue weighted by molar-refractivity contribution is 6.00. The van der Waals surface area contributed by atoms with Gasteiger partial charge >= 0.3 is 6.03 Å². The van der Waals surface area contributed by atoms with E-state index in [1.165, 1.54) is 0 Å². The van der Waals surface area contributed by atoms with Crippen LogP contribution >= 0.6 is 0 Å². The van der Waals surface area contributed by atoms with Crippen molar-refractivity contribution >= 4 is 29.0 Å². The molecule has 1 heterocycles. The number of nitrogens with one attached hydrogen (secondary N) is 3. The largest absolute Gasteiger partial charge is 0.480 e. The Morgan fingerprint density at radius 2 is 1.39 bits per heavy atom. The summed E-state index contributed by atoms with van der Waals surface area (Å²) in [7, 11) is 0. The molecule has 0 radical (unpaired) electrons. The topological polar surface area (TPSA) is 79.5 Å². The number of carbonyl (C=O) groups excluding carboxylic acids is 2. The average Bonchev–Trinajstić information content (AvgIpc) is 3.13. The van der Waals surface area contributed by atoms with Crippen LogP contribution < -0.4 is 20.7 Å². The van der Waals surface area contributed by atoms with Gasteiger partial charge in [-0.15, -0.1) is 0 Å². The molecular formula is C22H19N3O3. The minimum Gasteiger partial charge on any atom is -0.480 e. The van der Waals surface area contributed by atoms with E-state index in [4.69, 9.17) is 4.74 Å². The van der Waals surface area contributed by atoms with Gasteiger partial charge in [-0.05, 0) is 42.0 Å². The quantitative estimate of drug-likeness (QED) is 0.639. The van der Waals surface area contributed by atoms with E-state index < -0.39 is 6.10 Å². The molecule has 0 aliphatic carbocycles. The highest BCUT2D eigenvalue weighted by Gasteiger charge is 2.28. The van der Waals surface area contributed by atoms with Crippen LogP contribution in [0.4, 0.5) is 21.9 Å². The van der Waals surface area contributed by atoms with Crippen LogP contribution in [0.1, 0.15) is 5.56 Å². The SMILES string of the molecule is O=C(Nc1ccccc1)Nc1cccc(NC(=O)C2Cc3ccccc3O2)c1. The van der Waals surface area contributed by atoms with Crippen LogP contribution in [-0.2, 0) is 11.2 Å². The van der Waals surface area contributed by atoms with Gasteiger partial charge in [-0.1, -0.05) is 42.5 Å². The summed E-state index contributed by atoms with van der Waals surface area (Å²) in [5, 5.41) is 8.35. The highest BCUT2D eigenvalue weighted by Crippen LogP contribution is 2.28. The van der Waals surface area contributed by atoms with Crippen LogP contribution in [-0.4, -0.2) is 18.0 Å². The van der Waals surface area contributed by atoms with Gasteiger partial charge in [-0.2, -0.15) is 0 Å². The number of benzene rings is 3. The van der Waals surface area contributed by atoms with E-state index in [1.54, 1.807) is 36.4 Å². The molecular weight excluding hydrogens is 354 g/mol. The van der Waals surface area contributed by atoms with Crippen molar-refractivity contribution < 1.29 is 14.3 Å². The molecule has 1 aliphatic rings. The molecule has 0 fully saturated rings. The number of amides is 3. The molecule has 6 heteroatoms. The van der Waals surface area contributed by atoms with Crippen molar-refractivity contribution in [2.24, 2.45) is 0 Å². The lowest BCUT2D eigenvalue weighted by Crippen LogP contribution is -2.31. The molecule has 4 rings (SSSR count). The van der Waals surface area contributed by atoms with Crippen LogP contribution in [0, 0.1) is 0 Å². The zero-order chi connectivity index (χ0) is 19.3. The van der Waals surface area contributed by atoms with E-state index in [9.17, 15) is 9.59 Å². The smallest absolute Gasteiger partial charge is 0.323 e. The van der Waals surface area contributed by atoms with Crippen molar-refractivity contribution in [1.29, 1.82) is 0 Å². The number of hydrogen-bond donors (Lipinski definition) is 3. The monoisotopic (exact) mass is 373 g/mol. The number of rotatable bonds is 4. The molecule has 28 heavy (non-hydrogen) atoms. The summed E-state index contributed by atoms with van der Waals surface area (Å²) < 4.78 is 5.71. The lowest BCUT2D eigenvalue weighted by Gasteiger charge is -2.13. The van der Waals surface area contributed by atoms with Gasteiger partial charge in [-0.25, -0.2) is 4.79 Å². The minimum absolute atomic E-state index is 0.220. The Morgan fingerprint density at radius 1 is 0.750 bits per heavy atom. The normalized spacial score (nSPS) is 14.5. The summed E-state index contributed by atoms with van der Waals surface area (Å²) in [4.78, 5) is 24.6. The van der Waals surface area contributed by atoms with Crippen LogP contribution in [0.2, 0.25) is 0 Å². The number of anilines is 3. The van der Waals surface area contributed by atoms with Crippen molar-refractivity contribution in [2.45, 2.75) is 12.5 Å². The molecule has 3 aromatic carbocycles. The number of ether oxygens (including phenoxy) is 1. The number of urea groups is 1. The second kappa shape index (κ2) is 7.84. The number of fused-ring (bicyclic) bond motifs is 1. The van der Waals surface area contributed by atoms with Crippen molar-refractivity contribution in [3.05, 3.63) is 84.4 Å². The van der Waals surface area contributed by atoms with E-state index in [0.29, 0.717) is 23.5 Å². The lowest BCUT2D eigenvalue weighted by molar-refractivity contribution is -0.122. The summed E-state index contributed by atoms with van der Waals surface area (Å²) in [5.41, 5.74) is 2.88. The van der Waals surface area contributed by atoms with E-state index in [-0.39, 0.29) is 11.9 Å². The molecule has 0 aromatic heterocycles. The van der Waals surface area contributed by atoms with Gasteiger partial charge in [0.2, 0.25) is 0 Å². The molecule has 3 N–H and O–H groups in total. The summed E-state index contributed by atoms with van der Waals surface area (Å²) >= 11 is 0. The fraction of sp³-hybridized carbons (Fsp3) is 0.0909. The van der Waals surface area contributed by atoms with Gasteiger partial charge in [0.15, 0.2) is 6.10 Å². The molecule has 140 valence electrons. The molecule has 1 atom stereocenters. The summed E-state index contributed by atoms with van der Waals surface area (Å²) in [5.74, 6) is 0.526. The zero-order valence-electron chi connectivity index (χ0n) is 15.0. The Morgan fingerprint density at radius 3 is 2.18 bits per heavy atom. The average molecular weight is 373 g/mol. The first-order chi connectivity index (χ1) is 13.7. The van der Waals surface area contributed by atoms with Crippen molar-refractivity contribution in [3.63, 3.8) is 0 Å². The fourth-order valence-corrected chi connectivity index (χ4v) is 3.04. The van der Waals surface area contributed by atoms with Crippen molar-refractivity contribution in [1.82, 2.24) is 0 Å². The Balaban J connectivity index is 1.36. The van der Waals surface area contributed by atoms with Gasteiger partial charge in [0, 0.05) is 23.5 Å². The third-order valence-corrected chi connectivity index (χ3v) is 4.36. The Bertz CT molecular complexity index is 980. The standard InChI is InChI=1S/C22H19N3O3/c26-21(20-13-15-7-4-5-12-19(15)28-20)23-17-10-6-11-18(14-17)25-22(27)24-16-8-2-1-3-9-16/h1-12,14,20H,13H2,(H,23,26)(H2,24,25,27). The van der Waals surface area contributed by atoms with Crippen molar-refractivity contribution in [3.8, 4) is 5.75 Å². The summed E-state index contributed by atoms with van der Waals surface area (Å²) in [6, 6.07) is 23.4. The third kappa shape index (κ3) is 4.12. The minimum atomic E-state index is -0.560. The Labute approximate surface area is 162 Å². The van der Waals surface area contributed by atoms with Gasteiger partial charge in [-0.3, -0.25) is 4.79 Å². The number of carbonyl (C=O) groups is 2. The van der Waals surface area contributed by atoms with E-state index in [1.807, 2.05) is 42.5 Å². The van der Waals surface area contributed by atoms with Crippen LogP contribution in [0.25, 0.3) is 0 Å². The summed E-state index contributed by atoms with van der Waals surface area (Å²) in [6.07, 6.45) is -0.0187. The van der Waals surface area contributed by atoms with Crippen LogP contribution in [0.5, 0.6) is 5.75 Å². The van der Waals surface area contributed by atoms with Crippen LogP contribution in [0.15, 0.2) is 78.9 Å². The maximum absolute atomic E-state index is 12.5. The van der Waals surface area contributed by atoms with Crippen LogP contribution in [0.3, 0.4) is 0 Å². The first-order valence-corrected chi connectivity index (χ1v) is 8.96. The number of para-hydroxylation sites is 2. The summed E-state index contributed by atoms with van der Waals surface area (Å²) in [6.45, 7) is 0. The van der Waals surface area contributed by atoms with E-state index in [0.717, 1.165) is 11.3 Å².